The Hall–Kier alpha value is -2.60. The van der Waals surface area contributed by atoms with Crippen LogP contribution in [0, 0.1) is 0 Å². The first-order valence-electron chi connectivity index (χ1n) is 8.75. The van der Waals surface area contributed by atoms with Gasteiger partial charge >= 0.3 is 0 Å². The van der Waals surface area contributed by atoms with Gasteiger partial charge in [0.15, 0.2) is 23.0 Å². The highest BCUT2D eigenvalue weighted by molar-refractivity contribution is 5.31. The molecule has 1 aliphatic carbocycles. The summed E-state index contributed by atoms with van der Waals surface area (Å²) in [6.45, 7) is 0. The molecule has 1 fully saturated rings. The first-order valence-corrected chi connectivity index (χ1v) is 8.75. The molecule has 0 bridgehead atoms. The molecule has 0 radical (unpaired) electrons. The largest absolute Gasteiger partial charge is 0.337 e. The van der Waals surface area contributed by atoms with E-state index in [1.807, 2.05) is 0 Å². The van der Waals surface area contributed by atoms with Gasteiger partial charge in [0, 0.05) is 4.99 Å². The highest BCUT2D eigenvalue weighted by Gasteiger charge is 2.24. The molecule has 0 saturated heterocycles. The first-order chi connectivity index (χ1) is 13.8. The van der Waals surface area contributed by atoms with Crippen LogP contribution in [0.25, 0.3) is 0 Å². The Morgan fingerprint density at radius 3 is 1.32 bits per heavy atom. The summed E-state index contributed by atoms with van der Waals surface area (Å²) in [6.07, 6.45) is 3.17. The van der Waals surface area contributed by atoms with Crippen LogP contribution in [-0.2, 0) is 19.8 Å². The maximum atomic E-state index is 5.50. The minimum atomic E-state index is -0.0118. The van der Waals surface area contributed by atoms with Gasteiger partial charge in [-0.2, -0.15) is 21.6 Å². The van der Waals surface area contributed by atoms with Gasteiger partial charge < -0.3 is 14.7 Å². The fraction of sp³-hybridized carbons (Fsp3) is 0.333. The Kier molecular flexibility index (Phi) is 7.67. The highest BCUT2D eigenvalue weighted by Crippen LogP contribution is 2.26. The summed E-state index contributed by atoms with van der Waals surface area (Å²) >= 11 is 0. The van der Waals surface area contributed by atoms with E-state index in [0.717, 1.165) is 25.7 Å². The molecule has 0 amide bonds. The zero-order valence-corrected chi connectivity index (χ0v) is 15.2. The molecule has 0 atom stereocenters. The molecule has 2 aromatic rings. The lowest BCUT2D eigenvalue weighted by atomic mass is 9.95. The van der Waals surface area contributed by atoms with Crippen molar-refractivity contribution in [1.82, 2.24) is 0 Å². The van der Waals surface area contributed by atoms with Gasteiger partial charge in [0.2, 0.25) is 0 Å². The average Bonchev–Trinajstić information content (AvgIpc) is 2.74. The predicted octanol–water partition coefficient (Wildman–Crippen LogP) is 1.97. The molecule has 10 nitrogen and oxygen atoms in total. The standard InChI is InChI=1S/C18H23N2O8/c19-27-25-17-9-5-15(6-10-17)23-21-13-1-2-14(4-3-13)22-24-16-7-11-18(12-8-16)26-28-20/h5-14H,1-4,19H2,20H3/q+1. The van der Waals surface area contributed by atoms with Crippen molar-refractivity contribution in [2.75, 3.05) is 0 Å². The number of nitrogens with two attached hydrogens (primary N) is 1. The molecule has 3 rings (SSSR count). The summed E-state index contributed by atoms with van der Waals surface area (Å²) in [4.78, 5) is 39.6. The molecule has 10 heteroatoms. The summed E-state index contributed by atoms with van der Waals surface area (Å²) in [5.74, 6) is 10.1. The summed E-state index contributed by atoms with van der Waals surface area (Å²) in [6, 6.07) is 13.5. The minimum absolute atomic E-state index is 0.00773. The summed E-state index contributed by atoms with van der Waals surface area (Å²) in [5.41, 5.74) is 0. The van der Waals surface area contributed by atoms with Crippen molar-refractivity contribution in [2.45, 2.75) is 37.9 Å². The molecule has 0 unspecified atom stereocenters. The van der Waals surface area contributed by atoms with Crippen molar-refractivity contribution in [1.29, 1.82) is 0 Å². The smallest absolute Gasteiger partial charge is 0.171 e. The van der Waals surface area contributed by atoms with Crippen LogP contribution in [0.3, 0.4) is 0 Å². The van der Waals surface area contributed by atoms with Crippen LogP contribution in [0.2, 0.25) is 0 Å². The fourth-order valence-electron chi connectivity index (χ4n) is 2.70. The monoisotopic (exact) mass is 395 g/mol. The topological polar surface area (TPSA) is 128 Å². The lowest BCUT2D eigenvalue weighted by Crippen LogP contribution is -2.50. The van der Waals surface area contributed by atoms with E-state index in [2.05, 4.69) is 20.8 Å². The van der Waals surface area contributed by atoms with E-state index in [1.54, 1.807) is 48.5 Å². The molecular weight excluding hydrogens is 372 g/mol. The third kappa shape index (κ3) is 6.23. The van der Waals surface area contributed by atoms with E-state index in [0.29, 0.717) is 23.0 Å². The van der Waals surface area contributed by atoms with Crippen molar-refractivity contribution in [2.24, 2.45) is 5.90 Å². The Bertz CT molecular complexity index is 628. The van der Waals surface area contributed by atoms with E-state index in [-0.39, 0.29) is 12.2 Å². The second kappa shape index (κ2) is 10.7. The highest BCUT2D eigenvalue weighted by atomic mass is 17.3. The summed E-state index contributed by atoms with van der Waals surface area (Å²) < 4.78 is 0. The van der Waals surface area contributed by atoms with E-state index in [9.17, 15) is 0 Å². The molecule has 1 aliphatic rings. The van der Waals surface area contributed by atoms with Crippen LogP contribution >= 0.6 is 0 Å². The molecule has 2 aromatic carbocycles. The van der Waals surface area contributed by atoms with Crippen LogP contribution in [0.15, 0.2) is 48.5 Å². The summed E-state index contributed by atoms with van der Waals surface area (Å²) in [5, 5.41) is 0. The molecule has 5 N–H and O–H groups in total. The number of benzene rings is 2. The van der Waals surface area contributed by atoms with Gasteiger partial charge in [-0.15, -0.1) is 0 Å². The Morgan fingerprint density at radius 1 is 0.607 bits per heavy atom. The molecule has 0 aliphatic heterocycles. The number of quaternary nitrogens is 1. The van der Waals surface area contributed by atoms with Gasteiger partial charge in [0.1, 0.15) is 12.2 Å². The fourth-order valence-corrected chi connectivity index (χ4v) is 2.70. The Balaban J connectivity index is 1.34. The van der Waals surface area contributed by atoms with Crippen molar-refractivity contribution >= 4 is 0 Å². The second-order valence-corrected chi connectivity index (χ2v) is 6.08. The normalized spacial score (nSPS) is 19.1. The molecule has 28 heavy (non-hydrogen) atoms. The maximum absolute atomic E-state index is 5.50. The van der Waals surface area contributed by atoms with E-state index >= 15 is 0 Å². The average molecular weight is 395 g/mol. The third-order valence-corrected chi connectivity index (χ3v) is 4.13. The number of hydrogen-bond donors (Lipinski definition) is 2. The van der Waals surface area contributed by atoms with Crippen molar-refractivity contribution < 1.29 is 45.2 Å². The molecule has 0 heterocycles. The van der Waals surface area contributed by atoms with Crippen LogP contribution < -0.4 is 31.3 Å². The zero-order valence-electron chi connectivity index (χ0n) is 15.2. The van der Waals surface area contributed by atoms with Gasteiger partial charge in [-0.05, 0) is 74.2 Å². The lowest BCUT2D eigenvalue weighted by molar-refractivity contribution is -0.778. The Labute approximate surface area is 161 Å². The first kappa shape index (κ1) is 20.1. The van der Waals surface area contributed by atoms with Gasteiger partial charge in [-0.1, -0.05) is 4.99 Å². The van der Waals surface area contributed by atoms with Crippen molar-refractivity contribution in [3.63, 3.8) is 0 Å². The lowest BCUT2D eigenvalue weighted by Gasteiger charge is -2.26. The quantitative estimate of drug-likeness (QED) is 0.458. The van der Waals surface area contributed by atoms with Crippen molar-refractivity contribution in [3.05, 3.63) is 48.5 Å². The second-order valence-electron chi connectivity index (χ2n) is 6.08. The van der Waals surface area contributed by atoms with Crippen LogP contribution in [-0.4, -0.2) is 12.2 Å². The Morgan fingerprint density at radius 2 is 0.964 bits per heavy atom. The predicted molar refractivity (Wildman–Crippen MR) is 92.9 cm³/mol. The molecule has 0 aromatic heterocycles. The van der Waals surface area contributed by atoms with Crippen LogP contribution in [0.5, 0.6) is 23.0 Å². The molecule has 1 saturated carbocycles. The zero-order chi connectivity index (χ0) is 19.6. The van der Waals surface area contributed by atoms with Crippen molar-refractivity contribution in [3.8, 4) is 23.0 Å². The SMILES string of the molecule is NOOc1ccc(OOC2CCC(OOc3ccc(OO[NH3+])cc3)CC2)cc1. The number of rotatable bonds is 10. The van der Waals surface area contributed by atoms with E-state index in [4.69, 9.17) is 30.3 Å². The van der Waals surface area contributed by atoms with Gasteiger partial charge in [-0.3, -0.25) is 4.89 Å². The van der Waals surface area contributed by atoms with Crippen LogP contribution in [0.4, 0.5) is 0 Å². The van der Waals surface area contributed by atoms with E-state index < -0.39 is 0 Å². The van der Waals surface area contributed by atoms with Gasteiger partial charge in [0.05, 0.1) is 0 Å². The van der Waals surface area contributed by atoms with Crippen LogP contribution in [0.1, 0.15) is 25.7 Å². The summed E-state index contributed by atoms with van der Waals surface area (Å²) in [7, 11) is 0. The third-order valence-electron chi connectivity index (χ3n) is 4.13. The maximum Gasteiger partial charge on any atom is 0.171 e. The van der Waals surface area contributed by atoms with Gasteiger partial charge in [0.25, 0.3) is 0 Å². The number of hydrogen-bond acceptors (Lipinski definition) is 9. The van der Waals surface area contributed by atoms with E-state index in [1.165, 1.54) is 0 Å². The molecular formula is C18H23N2O8+. The molecule has 152 valence electrons. The molecule has 0 spiro atoms. The van der Waals surface area contributed by atoms with Gasteiger partial charge in [-0.25, -0.2) is 0 Å². The minimum Gasteiger partial charge on any atom is -0.337 e.